The number of rotatable bonds is 5. The fourth-order valence-electron chi connectivity index (χ4n) is 2.40. The molecule has 0 aliphatic carbocycles. The molecule has 2 N–H and O–H groups in total. The number of halogens is 3. The van der Waals surface area contributed by atoms with Crippen molar-refractivity contribution in [1.82, 2.24) is 15.6 Å². The summed E-state index contributed by atoms with van der Waals surface area (Å²) in [6, 6.07) is 2.11. The summed E-state index contributed by atoms with van der Waals surface area (Å²) in [4.78, 5) is 16.0. The molecule has 1 fully saturated rings. The summed E-state index contributed by atoms with van der Waals surface area (Å²) in [6.07, 6.45) is -3.33. The molecule has 0 spiro atoms. The summed E-state index contributed by atoms with van der Waals surface area (Å²) in [5.41, 5.74) is -1.93. The van der Waals surface area contributed by atoms with Gasteiger partial charge in [-0.2, -0.15) is 13.2 Å². The van der Waals surface area contributed by atoms with Crippen molar-refractivity contribution in [3.63, 3.8) is 0 Å². The summed E-state index contributed by atoms with van der Waals surface area (Å²) in [7, 11) is 0. The third-order valence-electron chi connectivity index (χ3n) is 4.09. The molecule has 2 atom stereocenters. The van der Waals surface area contributed by atoms with Gasteiger partial charge in [0.2, 0.25) is 11.8 Å². The number of pyridine rings is 1. The summed E-state index contributed by atoms with van der Waals surface area (Å²) in [6.45, 7) is 6.59. The van der Waals surface area contributed by atoms with Crippen LogP contribution in [-0.4, -0.2) is 36.6 Å². The molecule has 0 radical (unpaired) electrons. The van der Waals surface area contributed by atoms with Gasteiger partial charge >= 0.3 is 6.18 Å². The van der Waals surface area contributed by atoms with Crippen LogP contribution < -0.4 is 15.4 Å². The molecule has 0 aromatic carbocycles. The molecular weight excluding hydrogens is 323 g/mol. The number of nitrogens with zero attached hydrogens (tertiary/aromatic N) is 1. The Morgan fingerprint density at radius 3 is 2.71 bits per heavy atom. The predicted molar refractivity (Wildman–Crippen MR) is 82.5 cm³/mol. The van der Waals surface area contributed by atoms with Gasteiger partial charge in [0.25, 0.3) is 0 Å². The van der Waals surface area contributed by atoms with E-state index in [1.165, 1.54) is 12.3 Å². The molecule has 24 heavy (non-hydrogen) atoms. The van der Waals surface area contributed by atoms with E-state index in [0.29, 0.717) is 12.5 Å². The van der Waals surface area contributed by atoms with Crippen molar-refractivity contribution >= 4 is 5.91 Å². The van der Waals surface area contributed by atoms with Crippen LogP contribution in [0.4, 0.5) is 13.2 Å². The van der Waals surface area contributed by atoms with E-state index in [9.17, 15) is 18.0 Å². The molecule has 1 aliphatic rings. The Morgan fingerprint density at radius 2 is 2.12 bits per heavy atom. The highest BCUT2D eigenvalue weighted by Crippen LogP contribution is 2.35. The maximum absolute atomic E-state index is 12.9. The fourth-order valence-corrected chi connectivity index (χ4v) is 2.40. The molecule has 1 saturated heterocycles. The zero-order chi connectivity index (χ0) is 18.0. The number of hydrogen-bond donors (Lipinski definition) is 2. The van der Waals surface area contributed by atoms with Crippen LogP contribution in [0.25, 0.3) is 0 Å². The number of ether oxygens (including phenoxy) is 1. The standard InChI is InChI=1S/C16H22F3N3O2/c1-10-7-20-8-12(10)22-14(23)15(2,3)9-24-13-11(16(17,18)19)5-4-6-21-13/h4-6,10,12,20H,7-9H2,1-3H3,(H,22,23)/t10-,12-/m1/s1. The minimum absolute atomic E-state index is 0.0114. The SMILES string of the molecule is C[C@@H]1CNC[C@H]1NC(=O)C(C)(C)COc1ncccc1C(F)(F)F. The van der Waals surface area contributed by atoms with E-state index >= 15 is 0 Å². The average molecular weight is 345 g/mol. The smallest absolute Gasteiger partial charge is 0.421 e. The molecule has 1 amide bonds. The topological polar surface area (TPSA) is 63.2 Å². The molecule has 0 saturated carbocycles. The molecule has 0 bridgehead atoms. The number of amides is 1. The first kappa shape index (κ1) is 18.5. The largest absolute Gasteiger partial charge is 0.476 e. The number of alkyl halides is 3. The van der Waals surface area contributed by atoms with Crippen molar-refractivity contribution in [2.45, 2.75) is 33.0 Å². The first-order valence-corrected chi connectivity index (χ1v) is 7.78. The molecule has 8 heteroatoms. The van der Waals surface area contributed by atoms with Crippen LogP contribution in [-0.2, 0) is 11.0 Å². The normalized spacial score (nSPS) is 21.6. The van der Waals surface area contributed by atoms with E-state index in [4.69, 9.17) is 4.74 Å². The molecule has 134 valence electrons. The lowest BCUT2D eigenvalue weighted by atomic mass is 9.92. The second kappa shape index (κ2) is 6.96. The second-order valence-corrected chi connectivity index (χ2v) is 6.74. The van der Waals surface area contributed by atoms with Gasteiger partial charge < -0.3 is 15.4 Å². The van der Waals surface area contributed by atoms with Crippen LogP contribution in [0.1, 0.15) is 26.3 Å². The minimum Gasteiger partial charge on any atom is -0.476 e. The third-order valence-corrected chi connectivity index (χ3v) is 4.09. The minimum atomic E-state index is -4.55. The number of carbonyl (C=O) groups excluding carboxylic acids is 1. The van der Waals surface area contributed by atoms with Gasteiger partial charge in [-0.25, -0.2) is 4.98 Å². The highest BCUT2D eigenvalue weighted by molar-refractivity contribution is 5.82. The van der Waals surface area contributed by atoms with E-state index in [-0.39, 0.29) is 18.6 Å². The number of aromatic nitrogens is 1. The van der Waals surface area contributed by atoms with Gasteiger partial charge in [0, 0.05) is 18.8 Å². The first-order chi connectivity index (χ1) is 11.1. The lowest BCUT2D eigenvalue weighted by molar-refractivity contribution is -0.139. The Balaban J connectivity index is 2.01. The Labute approximate surface area is 139 Å². The van der Waals surface area contributed by atoms with Crippen LogP contribution in [0, 0.1) is 11.3 Å². The number of hydrogen-bond acceptors (Lipinski definition) is 4. The molecule has 2 heterocycles. The summed E-state index contributed by atoms with van der Waals surface area (Å²) in [5, 5.41) is 6.11. The highest BCUT2D eigenvalue weighted by Gasteiger charge is 2.37. The Bertz CT molecular complexity index is 590. The van der Waals surface area contributed by atoms with Crippen molar-refractivity contribution in [3.05, 3.63) is 23.9 Å². The van der Waals surface area contributed by atoms with Crippen LogP contribution in [0.2, 0.25) is 0 Å². The first-order valence-electron chi connectivity index (χ1n) is 7.78. The van der Waals surface area contributed by atoms with E-state index in [1.54, 1.807) is 13.8 Å². The second-order valence-electron chi connectivity index (χ2n) is 6.74. The summed E-state index contributed by atoms with van der Waals surface area (Å²) < 4.78 is 44.0. The Morgan fingerprint density at radius 1 is 1.42 bits per heavy atom. The number of carbonyl (C=O) groups is 1. The van der Waals surface area contributed by atoms with E-state index in [0.717, 1.165) is 12.6 Å². The van der Waals surface area contributed by atoms with E-state index < -0.39 is 23.0 Å². The van der Waals surface area contributed by atoms with Crippen molar-refractivity contribution in [2.24, 2.45) is 11.3 Å². The fraction of sp³-hybridized carbons (Fsp3) is 0.625. The van der Waals surface area contributed by atoms with Gasteiger partial charge in [0.05, 0.1) is 5.41 Å². The van der Waals surface area contributed by atoms with Crippen LogP contribution in [0.3, 0.4) is 0 Å². The molecule has 1 aromatic rings. The lowest BCUT2D eigenvalue weighted by Gasteiger charge is -2.27. The van der Waals surface area contributed by atoms with Gasteiger partial charge in [-0.15, -0.1) is 0 Å². The van der Waals surface area contributed by atoms with Gasteiger partial charge in [-0.05, 0) is 38.4 Å². The predicted octanol–water partition coefficient (Wildman–Crippen LogP) is 2.23. The van der Waals surface area contributed by atoms with Gasteiger partial charge in [0.15, 0.2) is 0 Å². The maximum atomic E-state index is 12.9. The van der Waals surface area contributed by atoms with Crippen LogP contribution >= 0.6 is 0 Å². The van der Waals surface area contributed by atoms with Gasteiger partial charge in [0.1, 0.15) is 12.2 Å². The maximum Gasteiger partial charge on any atom is 0.421 e. The zero-order valence-corrected chi connectivity index (χ0v) is 13.9. The van der Waals surface area contributed by atoms with Crippen molar-refractivity contribution in [3.8, 4) is 5.88 Å². The Hall–Kier alpha value is -1.83. The van der Waals surface area contributed by atoms with Crippen molar-refractivity contribution < 1.29 is 22.7 Å². The molecule has 5 nitrogen and oxygen atoms in total. The quantitative estimate of drug-likeness (QED) is 0.859. The van der Waals surface area contributed by atoms with Crippen LogP contribution in [0.15, 0.2) is 18.3 Å². The Kier molecular flexibility index (Phi) is 5.37. The molecule has 1 aromatic heterocycles. The van der Waals surface area contributed by atoms with Crippen LogP contribution in [0.5, 0.6) is 5.88 Å². The average Bonchev–Trinajstić information content (AvgIpc) is 2.90. The summed E-state index contributed by atoms with van der Waals surface area (Å²) >= 11 is 0. The van der Waals surface area contributed by atoms with Gasteiger partial charge in [-0.1, -0.05) is 6.92 Å². The van der Waals surface area contributed by atoms with Crippen molar-refractivity contribution in [2.75, 3.05) is 19.7 Å². The molecule has 0 unspecified atom stereocenters. The molecular formula is C16H22F3N3O2. The zero-order valence-electron chi connectivity index (χ0n) is 13.9. The monoisotopic (exact) mass is 345 g/mol. The summed E-state index contributed by atoms with van der Waals surface area (Å²) in [5.74, 6) is -0.465. The van der Waals surface area contributed by atoms with Gasteiger partial charge in [-0.3, -0.25) is 4.79 Å². The molecule has 1 aliphatic heterocycles. The van der Waals surface area contributed by atoms with Crippen molar-refractivity contribution in [1.29, 1.82) is 0 Å². The third kappa shape index (κ3) is 4.37. The highest BCUT2D eigenvalue weighted by atomic mass is 19.4. The lowest BCUT2D eigenvalue weighted by Crippen LogP contribution is -2.48. The van der Waals surface area contributed by atoms with E-state index in [1.807, 2.05) is 6.92 Å². The molecule has 2 rings (SSSR count). The van der Waals surface area contributed by atoms with E-state index in [2.05, 4.69) is 15.6 Å². The number of nitrogens with one attached hydrogen (secondary N) is 2.